The third kappa shape index (κ3) is 4.29. The van der Waals surface area contributed by atoms with Gasteiger partial charge in [0.05, 0.1) is 12.5 Å². The van der Waals surface area contributed by atoms with Crippen LogP contribution in [0.2, 0.25) is 0 Å². The first-order valence-electron chi connectivity index (χ1n) is 5.27. The lowest BCUT2D eigenvalue weighted by Crippen LogP contribution is -2.37. The predicted octanol–water partition coefficient (Wildman–Crippen LogP) is 0.225. The second-order valence-corrected chi connectivity index (χ2v) is 3.90. The fourth-order valence-electron chi connectivity index (χ4n) is 1.75. The second kappa shape index (κ2) is 5.70. The van der Waals surface area contributed by atoms with Crippen LogP contribution in [0.15, 0.2) is 0 Å². The van der Waals surface area contributed by atoms with Gasteiger partial charge in [-0.25, -0.2) is 0 Å². The number of amides is 1. The number of carboxylic acids is 1. The lowest BCUT2D eigenvalue weighted by Gasteiger charge is -2.22. The van der Waals surface area contributed by atoms with E-state index in [4.69, 9.17) is 5.11 Å². The first kappa shape index (κ1) is 12.0. The van der Waals surface area contributed by atoms with E-state index in [1.807, 2.05) is 0 Å². The summed E-state index contributed by atoms with van der Waals surface area (Å²) >= 11 is 0. The van der Waals surface area contributed by atoms with Gasteiger partial charge in [0.1, 0.15) is 0 Å². The molecule has 1 amide bonds. The van der Waals surface area contributed by atoms with Crippen molar-refractivity contribution in [2.75, 3.05) is 13.1 Å². The molecule has 0 aromatic rings. The van der Waals surface area contributed by atoms with Crippen molar-refractivity contribution in [1.82, 2.24) is 4.90 Å². The van der Waals surface area contributed by atoms with E-state index >= 15 is 0 Å². The Morgan fingerprint density at radius 2 is 2.13 bits per heavy atom. The fraction of sp³-hybridized carbons (Fsp3) is 0.800. The number of hydrogen-bond donors (Lipinski definition) is 2. The standard InChI is InChI=1S/C10H17NO4/c12-8(6-10(14)15)7-11-5-3-1-2-4-9(11)13/h8,12H,1-7H2,(H,14,15). The summed E-state index contributed by atoms with van der Waals surface area (Å²) in [6.45, 7) is 0.778. The number of aliphatic hydroxyl groups excluding tert-OH is 1. The Hall–Kier alpha value is -1.10. The van der Waals surface area contributed by atoms with Crippen molar-refractivity contribution in [3.05, 3.63) is 0 Å². The maximum absolute atomic E-state index is 11.5. The lowest BCUT2D eigenvalue weighted by atomic mass is 10.2. The van der Waals surface area contributed by atoms with Crippen molar-refractivity contribution >= 4 is 11.9 Å². The Balaban J connectivity index is 2.40. The van der Waals surface area contributed by atoms with Crippen molar-refractivity contribution in [3.63, 3.8) is 0 Å². The molecule has 1 fully saturated rings. The smallest absolute Gasteiger partial charge is 0.306 e. The second-order valence-electron chi connectivity index (χ2n) is 3.90. The fourth-order valence-corrected chi connectivity index (χ4v) is 1.75. The summed E-state index contributed by atoms with van der Waals surface area (Å²) in [6, 6.07) is 0. The molecule has 1 atom stereocenters. The van der Waals surface area contributed by atoms with Gasteiger partial charge >= 0.3 is 5.97 Å². The number of hydrogen-bond acceptors (Lipinski definition) is 3. The molecule has 1 unspecified atom stereocenters. The maximum atomic E-state index is 11.5. The van der Waals surface area contributed by atoms with E-state index < -0.39 is 12.1 Å². The van der Waals surface area contributed by atoms with Gasteiger partial charge in [-0.05, 0) is 12.8 Å². The average molecular weight is 215 g/mol. The quantitative estimate of drug-likeness (QED) is 0.703. The van der Waals surface area contributed by atoms with Crippen LogP contribution in [-0.2, 0) is 9.59 Å². The minimum Gasteiger partial charge on any atom is -0.481 e. The van der Waals surface area contributed by atoms with Gasteiger partial charge in [-0.2, -0.15) is 0 Å². The summed E-state index contributed by atoms with van der Waals surface area (Å²) in [5.41, 5.74) is 0. The molecule has 1 heterocycles. The number of carboxylic acid groups (broad SMARTS) is 1. The third-order valence-corrected chi connectivity index (χ3v) is 2.51. The lowest BCUT2D eigenvalue weighted by molar-refractivity contribution is -0.141. The molecule has 0 saturated carbocycles. The molecular formula is C10H17NO4. The van der Waals surface area contributed by atoms with Gasteiger partial charge in [0.25, 0.3) is 0 Å². The molecule has 2 N–H and O–H groups in total. The van der Waals surface area contributed by atoms with Crippen molar-refractivity contribution in [2.45, 2.75) is 38.2 Å². The minimum absolute atomic E-state index is 0.0249. The van der Waals surface area contributed by atoms with E-state index in [2.05, 4.69) is 0 Å². The van der Waals surface area contributed by atoms with Gasteiger partial charge in [0.2, 0.25) is 5.91 Å². The normalized spacial score (nSPS) is 19.8. The van der Waals surface area contributed by atoms with Crippen LogP contribution >= 0.6 is 0 Å². The summed E-state index contributed by atoms with van der Waals surface area (Å²) < 4.78 is 0. The summed E-state index contributed by atoms with van der Waals surface area (Å²) in [7, 11) is 0. The van der Waals surface area contributed by atoms with E-state index in [0.717, 1.165) is 19.3 Å². The van der Waals surface area contributed by atoms with E-state index in [1.54, 1.807) is 4.90 Å². The van der Waals surface area contributed by atoms with Crippen LogP contribution in [0.4, 0.5) is 0 Å². The highest BCUT2D eigenvalue weighted by Crippen LogP contribution is 2.11. The molecule has 5 nitrogen and oxygen atoms in total. The Kier molecular flexibility index (Phi) is 4.55. The molecule has 1 saturated heterocycles. The molecule has 1 aliphatic heterocycles. The van der Waals surface area contributed by atoms with Crippen molar-refractivity contribution < 1.29 is 19.8 Å². The van der Waals surface area contributed by atoms with Crippen LogP contribution in [0.1, 0.15) is 32.1 Å². The summed E-state index contributed by atoms with van der Waals surface area (Å²) in [5.74, 6) is -1.01. The number of nitrogens with zero attached hydrogens (tertiary/aromatic N) is 1. The van der Waals surface area contributed by atoms with E-state index in [1.165, 1.54) is 0 Å². The highest BCUT2D eigenvalue weighted by molar-refractivity contribution is 5.76. The molecule has 0 bridgehead atoms. The molecule has 15 heavy (non-hydrogen) atoms. The van der Waals surface area contributed by atoms with Gasteiger partial charge < -0.3 is 15.1 Å². The molecule has 1 aliphatic rings. The van der Waals surface area contributed by atoms with Gasteiger partial charge in [0.15, 0.2) is 0 Å². The number of rotatable bonds is 4. The van der Waals surface area contributed by atoms with Gasteiger partial charge in [-0.1, -0.05) is 6.42 Å². The molecule has 86 valence electrons. The average Bonchev–Trinajstić information content (AvgIpc) is 2.30. The molecule has 0 spiro atoms. The first-order valence-corrected chi connectivity index (χ1v) is 5.27. The largest absolute Gasteiger partial charge is 0.481 e. The van der Waals surface area contributed by atoms with Crippen LogP contribution in [0.3, 0.4) is 0 Å². The van der Waals surface area contributed by atoms with E-state index in [0.29, 0.717) is 13.0 Å². The summed E-state index contributed by atoms with van der Waals surface area (Å²) in [5, 5.41) is 17.9. The van der Waals surface area contributed by atoms with Crippen molar-refractivity contribution in [2.24, 2.45) is 0 Å². The monoisotopic (exact) mass is 215 g/mol. The first-order chi connectivity index (χ1) is 7.09. The molecule has 0 aromatic carbocycles. The summed E-state index contributed by atoms with van der Waals surface area (Å²) in [6.07, 6.45) is 2.11. The predicted molar refractivity (Wildman–Crippen MR) is 53.3 cm³/mol. The molecule has 0 aromatic heterocycles. The zero-order valence-corrected chi connectivity index (χ0v) is 8.69. The number of likely N-dealkylation sites (tertiary alicyclic amines) is 1. The van der Waals surface area contributed by atoms with Crippen molar-refractivity contribution in [1.29, 1.82) is 0 Å². The number of β-amino-alcohol motifs (C(OH)–C–C–N with tert-alkyl or cyclic N) is 1. The molecule has 0 radical (unpaired) electrons. The number of carbonyl (C=O) groups is 2. The Bertz CT molecular complexity index is 242. The Morgan fingerprint density at radius 3 is 2.80 bits per heavy atom. The van der Waals surface area contributed by atoms with Crippen LogP contribution in [-0.4, -0.2) is 46.2 Å². The highest BCUT2D eigenvalue weighted by atomic mass is 16.4. The summed E-state index contributed by atoms with van der Waals surface area (Å²) in [4.78, 5) is 23.4. The number of carbonyl (C=O) groups excluding carboxylic acids is 1. The SMILES string of the molecule is O=C(O)CC(O)CN1CCCCCC1=O. The molecule has 5 heteroatoms. The number of aliphatic hydroxyl groups is 1. The van der Waals surface area contributed by atoms with Gasteiger partial charge in [0, 0.05) is 19.5 Å². The minimum atomic E-state index is -1.04. The van der Waals surface area contributed by atoms with Crippen LogP contribution < -0.4 is 0 Å². The Morgan fingerprint density at radius 1 is 1.40 bits per heavy atom. The zero-order chi connectivity index (χ0) is 11.3. The third-order valence-electron chi connectivity index (χ3n) is 2.51. The topological polar surface area (TPSA) is 77.8 Å². The van der Waals surface area contributed by atoms with Crippen LogP contribution in [0.5, 0.6) is 0 Å². The number of aliphatic carboxylic acids is 1. The Labute approximate surface area is 88.7 Å². The van der Waals surface area contributed by atoms with E-state index in [-0.39, 0.29) is 18.9 Å². The van der Waals surface area contributed by atoms with Crippen LogP contribution in [0.25, 0.3) is 0 Å². The van der Waals surface area contributed by atoms with E-state index in [9.17, 15) is 14.7 Å². The molecule has 0 aliphatic carbocycles. The van der Waals surface area contributed by atoms with Crippen LogP contribution in [0, 0.1) is 0 Å². The van der Waals surface area contributed by atoms with Gasteiger partial charge in [-0.15, -0.1) is 0 Å². The zero-order valence-electron chi connectivity index (χ0n) is 8.69. The highest BCUT2D eigenvalue weighted by Gasteiger charge is 2.20. The maximum Gasteiger partial charge on any atom is 0.306 e. The molecule has 1 rings (SSSR count). The van der Waals surface area contributed by atoms with Gasteiger partial charge in [-0.3, -0.25) is 9.59 Å². The van der Waals surface area contributed by atoms with Crippen molar-refractivity contribution in [3.8, 4) is 0 Å². The molecular weight excluding hydrogens is 198 g/mol.